The summed E-state index contributed by atoms with van der Waals surface area (Å²) >= 11 is 0. The Bertz CT molecular complexity index is 952. The van der Waals surface area contributed by atoms with Crippen molar-refractivity contribution in [2.45, 2.75) is 44.2 Å². The van der Waals surface area contributed by atoms with Crippen LogP contribution < -0.4 is 0 Å². The molecule has 4 nitrogen and oxygen atoms in total. The molecule has 0 saturated carbocycles. The Morgan fingerprint density at radius 1 is 0.963 bits per heavy atom. The number of amides is 1. The van der Waals surface area contributed by atoms with Crippen molar-refractivity contribution < 1.29 is 4.79 Å². The Labute approximate surface area is 159 Å². The van der Waals surface area contributed by atoms with Gasteiger partial charge >= 0.3 is 0 Å². The minimum absolute atomic E-state index is 0.156. The van der Waals surface area contributed by atoms with Gasteiger partial charge in [-0.1, -0.05) is 18.2 Å². The molecule has 2 aliphatic heterocycles. The van der Waals surface area contributed by atoms with Crippen LogP contribution in [0.1, 0.15) is 41.6 Å². The first kappa shape index (κ1) is 16.4. The highest BCUT2D eigenvalue weighted by Gasteiger charge is 2.43. The maximum Gasteiger partial charge on any atom is 0.255 e. The van der Waals surface area contributed by atoms with Crippen molar-refractivity contribution in [1.29, 1.82) is 0 Å². The van der Waals surface area contributed by atoms with E-state index in [2.05, 4.69) is 39.1 Å². The largest absolute Gasteiger partial charge is 0.333 e. The number of rotatable bonds is 3. The zero-order valence-corrected chi connectivity index (χ0v) is 15.3. The highest BCUT2D eigenvalue weighted by Crippen LogP contribution is 2.41. The van der Waals surface area contributed by atoms with Crippen molar-refractivity contribution in [3.05, 3.63) is 72.3 Å². The maximum atomic E-state index is 13.0. The van der Waals surface area contributed by atoms with Gasteiger partial charge in [0.05, 0.1) is 5.56 Å². The smallest absolute Gasteiger partial charge is 0.255 e. The molecule has 0 N–H and O–H groups in total. The fourth-order valence-electron chi connectivity index (χ4n) is 5.09. The highest BCUT2D eigenvalue weighted by molar-refractivity contribution is 5.94. The quantitative estimate of drug-likeness (QED) is 0.704. The third-order valence-electron chi connectivity index (χ3n) is 6.26. The molecule has 5 rings (SSSR count). The molecule has 0 aliphatic carbocycles. The molecule has 4 heterocycles. The van der Waals surface area contributed by atoms with Crippen LogP contribution in [0.2, 0.25) is 0 Å². The van der Waals surface area contributed by atoms with Gasteiger partial charge in [0, 0.05) is 42.3 Å². The molecule has 0 spiro atoms. The molecular weight excluding hydrogens is 334 g/mol. The van der Waals surface area contributed by atoms with Crippen LogP contribution in [0.4, 0.5) is 0 Å². The normalized spacial score (nSPS) is 24.3. The number of benzene rings is 1. The molecule has 2 atom stereocenters. The zero-order valence-electron chi connectivity index (χ0n) is 15.3. The molecule has 2 aliphatic rings. The summed E-state index contributed by atoms with van der Waals surface area (Å²) < 4.78 is 0. The fraction of sp³-hybridized carbons (Fsp3) is 0.348. The van der Waals surface area contributed by atoms with Gasteiger partial charge in [-0.2, -0.15) is 0 Å². The van der Waals surface area contributed by atoms with Crippen molar-refractivity contribution in [2.75, 3.05) is 0 Å². The Morgan fingerprint density at radius 3 is 2.56 bits per heavy atom. The lowest BCUT2D eigenvalue weighted by atomic mass is 9.84. The van der Waals surface area contributed by atoms with Gasteiger partial charge in [-0.05, 0) is 67.2 Å². The molecular formula is C23H23N3O. The van der Waals surface area contributed by atoms with Crippen molar-refractivity contribution in [1.82, 2.24) is 14.9 Å². The third kappa shape index (κ3) is 2.99. The number of hydrogen-bond donors (Lipinski definition) is 0. The topological polar surface area (TPSA) is 46.1 Å². The van der Waals surface area contributed by atoms with E-state index in [0.29, 0.717) is 23.6 Å². The van der Waals surface area contributed by atoms with E-state index in [9.17, 15) is 4.79 Å². The van der Waals surface area contributed by atoms with Crippen LogP contribution >= 0.6 is 0 Å². The van der Waals surface area contributed by atoms with E-state index in [1.54, 1.807) is 12.4 Å². The lowest BCUT2D eigenvalue weighted by Crippen LogP contribution is -2.46. The van der Waals surface area contributed by atoms with Gasteiger partial charge in [0.2, 0.25) is 0 Å². The first-order valence-electron chi connectivity index (χ1n) is 9.84. The zero-order chi connectivity index (χ0) is 18.2. The Balaban J connectivity index is 1.35. The van der Waals surface area contributed by atoms with Gasteiger partial charge in [-0.3, -0.25) is 14.8 Å². The molecule has 2 fully saturated rings. The van der Waals surface area contributed by atoms with Crippen LogP contribution in [0.15, 0.2) is 61.2 Å². The molecule has 4 heteroatoms. The molecule has 27 heavy (non-hydrogen) atoms. The molecule has 1 aromatic carbocycles. The van der Waals surface area contributed by atoms with E-state index in [0.717, 1.165) is 32.1 Å². The number of pyridine rings is 2. The lowest BCUT2D eigenvalue weighted by molar-refractivity contribution is 0.0524. The van der Waals surface area contributed by atoms with Gasteiger partial charge in [0.1, 0.15) is 0 Å². The second-order valence-corrected chi connectivity index (χ2v) is 7.89. The average Bonchev–Trinajstić information content (AvgIpc) is 2.99. The van der Waals surface area contributed by atoms with E-state index in [1.807, 2.05) is 24.5 Å². The summed E-state index contributed by atoms with van der Waals surface area (Å²) in [6.45, 7) is 0. The summed E-state index contributed by atoms with van der Waals surface area (Å²) in [6.07, 6.45) is 12.8. The van der Waals surface area contributed by atoms with Gasteiger partial charge in [0.15, 0.2) is 0 Å². The van der Waals surface area contributed by atoms with Gasteiger partial charge in [0.25, 0.3) is 5.91 Å². The lowest BCUT2D eigenvalue weighted by Gasteiger charge is -2.39. The number of aromatic nitrogens is 2. The maximum absolute atomic E-state index is 13.0. The Morgan fingerprint density at radius 2 is 1.78 bits per heavy atom. The standard InChI is InChI=1S/C23H23N3O/c27-23(19-5-2-9-24-14-19)26-20-6-7-21(26)13-16(12-20)11-18-4-1-3-17-8-10-25-15-22(17)18/h1-5,8-10,14-16,20-21H,6-7,11-13H2. The second kappa shape index (κ2) is 6.76. The molecule has 2 bridgehead atoms. The number of carbonyl (C=O) groups is 1. The van der Waals surface area contributed by atoms with E-state index < -0.39 is 0 Å². The SMILES string of the molecule is O=C(c1cccnc1)N1C2CCC1CC(Cc1cccc3ccncc13)C2. The molecule has 136 valence electrons. The predicted octanol–water partition coefficient (Wildman–Crippen LogP) is 4.26. The van der Waals surface area contributed by atoms with Crippen LogP contribution in [0.25, 0.3) is 10.8 Å². The van der Waals surface area contributed by atoms with E-state index in [-0.39, 0.29) is 5.91 Å². The van der Waals surface area contributed by atoms with Crippen LogP contribution in [-0.2, 0) is 6.42 Å². The Kier molecular flexibility index (Phi) is 4.12. The predicted molar refractivity (Wildman–Crippen MR) is 105 cm³/mol. The van der Waals surface area contributed by atoms with Gasteiger partial charge in [-0.15, -0.1) is 0 Å². The van der Waals surface area contributed by atoms with Crippen LogP contribution in [0.3, 0.4) is 0 Å². The second-order valence-electron chi connectivity index (χ2n) is 7.89. The van der Waals surface area contributed by atoms with E-state index in [1.165, 1.54) is 16.3 Å². The minimum atomic E-state index is 0.156. The number of hydrogen-bond acceptors (Lipinski definition) is 3. The molecule has 2 aromatic heterocycles. The van der Waals surface area contributed by atoms with E-state index >= 15 is 0 Å². The number of piperidine rings is 1. The molecule has 2 saturated heterocycles. The minimum Gasteiger partial charge on any atom is -0.333 e. The molecule has 0 radical (unpaired) electrons. The molecule has 3 aromatic rings. The van der Waals surface area contributed by atoms with Crippen molar-refractivity contribution in [3.8, 4) is 0 Å². The van der Waals surface area contributed by atoms with Crippen molar-refractivity contribution in [2.24, 2.45) is 5.92 Å². The van der Waals surface area contributed by atoms with Crippen LogP contribution in [-0.4, -0.2) is 32.9 Å². The fourth-order valence-corrected chi connectivity index (χ4v) is 5.09. The first-order valence-corrected chi connectivity index (χ1v) is 9.84. The van der Waals surface area contributed by atoms with Crippen LogP contribution in [0, 0.1) is 5.92 Å². The number of nitrogens with zero attached hydrogens (tertiary/aromatic N) is 3. The van der Waals surface area contributed by atoms with E-state index in [4.69, 9.17) is 0 Å². The summed E-state index contributed by atoms with van der Waals surface area (Å²) in [6, 6.07) is 13.1. The summed E-state index contributed by atoms with van der Waals surface area (Å²) in [5.74, 6) is 0.787. The number of fused-ring (bicyclic) bond motifs is 3. The molecule has 1 amide bonds. The highest BCUT2D eigenvalue weighted by atomic mass is 16.2. The monoisotopic (exact) mass is 357 g/mol. The van der Waals surface area contributed by atoms with Gasteiger partial charge < -0.3 is 4.90 Å². The summed E-state index contributed by atoms with van der Waals surface area (Å²) in [5.41, 5.74) is 2.10. The van der Waals surface area contributed by atoms with Crippen molar-refractivity contribution >= 4 is 16.7 Å². The summed E-state index contributed by atoms with van der Waals surface area (Å²) in [4.78, 5) is 23.6. The molecule has 2 unspecified atom stereocenters. The first-order chi connectivity index (χ1) is 13.3. The Hall–Kier alpha value is -2.75. The van der Waals surface area contributed by atoms with Crippen LogP contribution in [0.5, 0.6) is 0 Å². The number of carbonyl (C=O) groups excluding carboxylic acids is 1. The third-order valence-corrected chi connectivity index (χ3v) is 6.26. The van der Waals surface area contributed by atoms with Gasteiger partial charge in [-0.25, -0.2) is 0 Å². The average molecular weight is 357 g/mol. The van der Waals surface area contributed by atoms with Crippen molar-refractivity contribution in [3.63, 3.8) is 0 Å². The summed E-state index contributed by atoms with van der Waals surface area (Å²) in [7, 11) is 0. The summed E-state index contributed by atoms with van der Waals surface area (Å²) in [5, 5.41) is 2.52.